The van der Waals surface area contributed by atoms with E-state index >= 15 is 0 Å². The number of nitrogens with zero attached hydrogens (tertiary/aromatic N) is 1. The Balaban J connectivity index is 2.26. The first kappa shape index (κ1) is 15.5. The third kappa shape index (κ3) is 3.81. The topological polar surface area (TPSA) is 48.1 Å². The van der Waals surface area contributed by atoms with E-state index in [9.17, 15) is 0 Å². The maximum Gasteiger partial charge on any atom is 0.137 e. The van der Waals surface area contributed by atoms with Crippen LogP contribution in [-0.4, -0.2) is 11.6 Å². The molecule has 0 amide bonds. The Kier molecular flexibility index (Phi) is 5.57. The number of nitrogens with two attached hydrogens (primary N) is 1. The SMILES string of the molecule is CCCOc1cncc(C(N)c2ccc(Br)cc2Br)c1. The first-order valence-electron chi connectivity index (χ1n) is 6.40. The molecule has 0 aliphatic heterocycles. The zero-order valence-electron chi connectivity index (χ0n) is 11.1. The summed E-state index contributed by atoms with van der Waals surface area (Å²) in [6.07, 6.45) is 4.45. The lowest BCUT2D eigenvalue weighted by Crippen LogP contribution is -2.13. The molecule has 1 unspecified atom stereocenters. The highest BCUT2D eigenvalue weighted by Gasteiger charge is 2.13. The standard InChI is InChI=1S/C15H16Br2N2O/c1-2-5-20-12-6-10(8-19-9-12)15(18)13-4-3-11(16)7-14(13)17/h3-4,6-9,15H,2,5,18H2,1H3. The van der Waals surface area contributed by atoms with Crippen molar-refractivity contribution in [1.82, 2.24) is 4.98 Å². The second-order valence-corrected chi connectivity index (χ2v) is 6.22. The molecule has 0 saturated heterocycles. The summed E-state index contributed by atoms with van der Waals surface area (Å²) in [6.45, 7) is 2.75. The van der Waals surface area contributed by atoms with E-state index in [1.807, 2.05) is 24.3 Å². The fraction of sp³-hybridized carbons (Fsp3) is 0.267. The Morgan fingerprint density at radius 1 is 1.25 bits per heavy atom. The zero-order chi connectivity index (χ0) is 14.5. The first-order chi connectivity index (χ1) is 9.61. The normalized spacial score (nSPS) is 12.2. The molecule has 1 aromatic heterocycles. The van der Waals surface area contributed by atoms with Gasteiger partial charge in [0.05, 0.1) is 18.8 Å². The van der Waals surface area contributed by atoms with Gasteiger partial charge in [0, 0.05) is 15.1 Å². The summed E-state index contributed by atoms with van der Waals surface area (Å²) in [4.78, 5) is 4.20. The van der Waals surface area contributed by atoms with E-state index < -0.39 is 0 Å². The number of benzene rings is 1. The summed E-state index contributed by atoms with van der Waals surface area (Å²) >= 11 is 6.98. The lowest BCUT2D eigenvalue weighted by atomic mass is 10.0. The van der Waals surface area contributed by atoms with Crippen LogP contribution in [0, 0.1) is 0 Å². The van der Waals surface area contributed by atoms with E-state index in [0.717, 1.165) is 32.2 Å². The Morgan fingerprint density at radius 3 is 2.75 bits per heavy atom. The minimum Gasteiger partial charge on any atom is -0.492 e. The van der Waals surface area contributed by atoms with Crippen molar-refractivity contribution in [1.29, 1.82) is 0 Å². The minimum absolute atomic E-state index is 0.241. The number of rotatable bonds is 5. The van der Waals surface area contributed by atoms with Crippen LogP contribution in [0.5, 0.6) is 5.75 Å². The van der Waals surface area contributed by atoms with Crippen molar-refractivity contribution in [2.45, 2.75) is 19.4 Å². The second-order valence-electron chi connectivity index (χ2n) is 4.45. The third-order valence-electron chi connectivity index (χ3n) is 2.86. The summed E-state index contributed by atoms with van der Waals surface area (Å²) in [5.74, 6) is 0.757. The lowest BCUT2D eigenvalue weighted by Gasteiger charge is -2.15. The Labute approximate surface area is 135 Å². The number of aromatic nitrogens is 1. The van der Waals surface area contributed by atoms with Crippen molar-refractivity contribution in [2.24, 2.45) is 5.73 Å². The molecule has 1 heterocycles. The number of hydrogen-bond acceptors (Lipinski definition) is 3. The van der Waals surface area contributed by atoms with Crippen molar-refractivity contribution < 1.29 is 4.74 Å². The van der Waals surface area contributed by atoms with E-state index in [2.05, 4.69) is 43.8 Å². The molecule has 0 saturated carbocycles. The zero-order valence-corrected chi connectivity index (χ0v) is 14.3. The molecule has 106 valence electrons. The van der Waals surface area contributed by atoms with Gasteiger partial charge < -0.3 is 10.5 Å². The summed E-state index contributed by atoms with van der Waals surface area (Å²) in [7, 11) is 0. The van der Waals surface area contributed by atoms with E-state index in [0.29, 0.717) is 6.61 Å². The minimum atomic E-state index is -0.241. The van der Waals surface area contributed by atoms with Gasteiger partial charge in [-0.25, -0.2) is 0 Å². The molecule has 0 aliphatic carbocycles. The average Bonchev–Trinajstić information content (AvgIpc) is 2.45. The van der Waals surface area contributed by atoms with Gasteiger partial charge >= 0.3 is 0 Å². The Morgan fingerprint density at radius 2 is 2.05 bits per heavy atom. The molecule has 5 heteroatoms. The molecule has 0 bridgehead atoms. The van der Waals surface area contributed by atoms with Gasteiger partial charge in [0.25, 0.3) is 0 Å². The predicted octanol–water partition coefficient (Wildman–Crippen LogP) is 4.44. The molecule has 0 radical (unpaired) electrons. The van der Waals surface area contributed by atoms with Crippen LogP contribution < -0.4 is 10.5 Å². The Hall–Kier alpha value is -0.910. The van der Waals surface area contributed by atoms with Crippen LogP contribution in [-0.2, 0) is 0 Å². The van der Waals surface area contributed by atoms with E-state index in [-0.39, 0.29) is 6.04 Å². The van der Waals surface area contributed by atoms with Gasteiger partial charge in [-0.1, -0.05) is 44.8 Å². The van der Waals surface area contributed by atoms with Gasteiger partial charge in [-0.3, -0.25) is 4.98 Å². The summed E-state index contributed by atoms with van der Waals surface area (Å²) in [5.41, 5.74) is 8.27. The highest BCUT2D eigenvalue weighted by atomic mass is 79.9. The smallest absolute Gasteiger partial charge is 0.137 e. The van der Waals surface area contributed by atoms with Gasteiger partial charge in [0.1, 0.15) is 5.75 Å². The lowest BCUT2D eigenvalue weighted by molar-refractivity contribution is 0.315. The quantitative estimate of drug-likeness (QED) is 0.808. The monoisotopic (exact) mass is 398 g/mol. The van der Waals surface area contributed by atoms with Crippen molar-refractivity contribution in [2.75, 3.05) is 6.61 Å². The third-order valence-corrected chi connectivity index (χ3v) is 4.04. The molecule has 0 fully saturated rings. The molecule has 0 spiro atoms. The second kappa shape index (κ2) is 7.20. The fourth-order valence-corrected chi connectivity index (χ4v) is 3.13. The molecule has 3 nitrogen and oxygen atoms in total. The van der Waals surface area contributed by atoms with Crippen LogP contribution >= 0.6 is 31.9 Å². The van der Waals surface area contributed by atoms with Crippen LogP contribution in [0.3, 0.4) is 0 Å². The maximum absolute atomic E-state index is 6.32. The van der Waals surface area contributed by atoms with Gasteiger partial charge in [-0.15, -0.1) is 0 Å². The fourth-order valence-electron chi connectivity index (χ4n) is 1.84. The molecule has 1 aromatic carbocycles. The maximum atomic E-state index is 6.32. The molecule has 2 rings (SSSR count). The summed E-state index contributed by atoms with van der Waals surface area (Å²) < 4.78 is 7.58. The highest BCUT2D eigenvalue weighted by molar-refractivity contribution is 9.11. The first-order valence-corrected chi connectivity index (χ1v) is 7.98. The molecule has 20 heavy (non-hydrogen) atoms. The highest BCUT2D eigenvalue weighted by Crippen LogP contribution is 2.30. The molecular weight excluding hydrogens is 384 g/mol. The molecule has 2 N–H and O–H groups in total. The summed E-state index contributed by atoms with van der Waals surface area (Å²) in [6, 6.07) is 7.67. The van der Waals surface area contributed by atoms with Crippen molar-refractivity contribution in [3.63, 3.8) is 0 Å². The molecule has 0 aliphatic rings. The number of pyridine rings is 1. The van der Waals surface area contributed by atoms with Gasteiger partial charge in [-0.05, 0) is 35.7 Å². The van der Waals surface area contributed by atoms with E-state index in [1.165, 1.54) is 0 Å². The van der Waals surface area contributed by atoms with Gasteiger partial charge in [0.2, 0.25) is 0 Å². The van der Waals surface area contributed by atoms with Crippen LogP contribution in [0.1, 0.15) is 30.5 Å². The van der Waals surface area contributed by atoms with E-state index in [4.69, 9.17) is 10.5 Å². The van der Waals surface area contributed by atoms with Gasteiger partial charge in [-0.2, -0.15) is 0 Å². The van der Waals surface area contributed by atoms with Crippen LogP contribution in [0.4, 0.5) is 0 Å². The largest absolute Gasteiger partial charge is 0.492 e. The van der Waals surface area contributed by atoms with Gasteiger partial charge in [0.15, 0.2) is 0 Å². The number of halogens is 2. The van der Waals surface area contributed by atoms with Crippen LogP contribution in [0.15, 0.2) is 45.6 Å². The predicted molar refractivity (Wildman–Crippen MR) is 87.9 cm³/mol. The average molecular weight is 400 g/mol. The van der Waals surface area contributed by atoms with Crippen molar-refractivity contribution >= 4 is 31.9 Å². The van der Waals surface area contributed by atoms with Crippen molar-refractivity contribution in [3.8, 4) is 5.75 Å². The van der Waals surface area contributed by atoms with Crippen molar-refractivity contribution in [3.05, 3.63) is 56.7 Å². The summed E-state index contributed by atoms with van der Waals surface area (Å²) in [5, 5.41) is 0. The number of hydrogen-bond donors (Lipinski definition) is 1. The Bertz CT molecular complexity index is 590. The van der Waals surface area contributed by atoms with E-state index in [1.54, 1.807) is 12.4 Å². The van der Waals surface area contributed by atoms with Crippen LogP contribution in [0.25, 0.3) is 0 Å². The molecular formula is C15H16Br2N2O. The van der Waals surface area contributed by atoms with Crippen LogP contribution in [0.2, 0.25) is 0 Å². The number of ether oxygens (including phenoxy) is 1. The molecule has 1 atom stereocenters. The molecule has 2 aromatic rings.